The third kappa shape index (κ3) is 22.3. The number of ketones is 1. The summed E-state index contributed by atoms with van der Waals surface area (Å²) in [6.07, 6.45) is 7.79. The van der Waals surface area contributed by atoms with Gasteiger partial charge in [0.2, 0.25) is 41.2 Å². The van der Waals surface area contributed by atoms with Crippen LogP contribution in [0, 0.1) is 5.92 Å². The summed E-state index contributed by atoms with van der Waals surface area (Å²) in [7, 11) is 2.64. The molecule has 19 nitrogen and oxygen atoms in total. The van der Waals surface area contributed by atoms with Crippen LogP contribution in [0.5, 0.6) is 0 Å². The number of nitrogens with zero attached hydrogens (tertiary/aromatic N) is 1. The fourth-order valence-electron chi connectivity index (χ4n) is 6.70. The highest BCUT2D eigenvalue weighted by Gasteiger charge is 2.36. The maximum atomic E-state index is 13.9. The van der Waals surface area contributed by atoms with Crippen molar-refractivity contribution in [2.45, 2.75) is 169 Å². The Balaban J connectivity index is 3.06. The van der Waals surface area contributed by atoms with Gasteiger partial charge in [-0.05, 0) is 83.4 Å². The Morgan fingerprint density at radius 1 is 0.612 bits per heavy atom. The quantitative estimate of drug-likeness (QED) is 0.0397. The second kappa shape index (κ2) is 32.3. The smallest absolute Gasteiger partial charge is 0.289 e. The summed E-state index contributed by atoms with van der Waals surface area (Å²) < 4.78 is 11.6. The SMILES string of the molecule is CCCCCCc1ccc(C(=O)N[C@H](COCCCC)C(=O)N[C@H](C)C(=O)NCC(=O)N(C)[C@H](C(=O)N[C@@H](C)C(=O)N[C@@H](CC(C)C)C(=O)NC(C)C(=O)C(=O)NC)C(C)OCCCC)cc1. The first-order valence-electron chi connectivity index (χ1n) is 23.8. The zero-order valence-electron chi connectivity index (χ0n) is 41.8. The van der Waals surface area contributed by atoms with Gasteiger partial charge in [-0.1, -0.05) is 78.9 Å². The lowest BCUT2D eigenvalue weighted by Gasteiger charge is -2.33. The Morgan fingerprint density at radius 2 is 1.18 bits per heavy atom. The van der Waals surface area contributed by atoms with Gasteiger partial charge < -0.3 is 51.6 Å². The molecular weight excluding hydrogens is 865 g/mol. The van der Waals surface area contributed by atoms with Crippen LogP contribution in [0.25, 0.3) is 0 Å². The normalized spacial score (nSPS) is 14.2. The van der Waals surface area contributed by atoms with E-state index in [9.17, 15) is 43.2 Å². The number of hydrogen-bond donors (Lipinski definition) is 7. The van der Waals surface area contributed by atoms with Crippen molar-refractivity contribution in [1.29, 1.82) is 0 Å². The molecule has 0 aromatic heterocycles. The molecule has 0 heterocycles. The molecule has 8 amide bonds. The van der Waals surface area contributed by atoms with Crippen molar-refractivity contribution in [1.82, 2.24) is 42.1 Å². The summed E-state index contributed by atoms with van der Waals surface area (Å²) in [6.45, 7) is 15.5. The number of ether oxygens (including phenoxy) is 2. The van der Waals surface area contributed by atoms with Crippen molar-refractivity contribution in [2.75, 3.05) is 40.5 Å². The summed E-state index contributed by atoms with van der Waals surface area (Å²) in [5.74, 6) is -6.57. The predicted octanol–water partition coefficient (Wildman–Crippen LogP) is 2.23. The molecule has 67 heavy (non-hydrogen) atoms. The average Bonchev–Trinajstić information content (AvgIpc) is 3.29. The maximum Gasteiger partial charge on any atom is 0.289 e. The molecule has 1 rings (SSSR count). The highest BCUT2D eigenvalue weighted by molar-refractivity contribution is 6.38. The molecule has 2 unspecified atom stereocenters. The molecule has 0 fully saturated rings. The number of aryl methyl sites for hydroxylation is 1. The number of nitrogens with one attached hydrogen (secondary N) is 7. The molecule has 0 spiro atoms. The minimum atomic E-state index is -1.28. The molecular formula is C48H80N8O11. The van der Waals surface area contributed by atoms with Gasteiger partial charge in [0.15, 0.2) is 0 Å². The molecule has 7 atom stereocenters. The van der Waals surface area contributed by atoms with E-state index in [2.05, 4.69) is 44.1 Å². The van der Waals surface area contributed by atoms with E-state index in [0.717, 1.165) is 55.4 Å². The molecule has 0 bridgehead atoms. The summed E-state index contributed by atoms with van der Waals surface area (Å²) in [6, 6.07) is 0.159. The van der Waals surface area contributed by atoms with Crippen LogP contribution < -0.4 is 37.2 Å². The largest absolute Gasteiger partial charge is 0.379 e. The van der Waals surface area contributed by atoms with E-state index in [0.29, 0.717) is 18.6 Å². The number of unbranched alkanes of at least 4 members (excludes halogenated alkanes) is 5. The van der Waals surface area contributed by atoms with Gasteiger partial charge in [0.05, 0.1) is 25.3 Å². The lowest BCUT2D eigenvalue weighted by molar-refractivity contribution is -0.145. The number of benzene rings is 1. The predicted molar refractivity (Wildman–Crippen MR) is 254 cm³/mol. The van der Waals surface area contributed by atoms with Crippen LogP contribution in [0.1, 0.15) is 136 Å². The van der Waals surface area contributed by atoms with E-state index in [-0.39, 0.29) is 25.6 Å². The molecule has 0 aliphatic rings. The zero-order valence-corrected chi connectivity index (χ0v) is 41.8. The number of amides is 8. The fourth-order valence-corrected chi connectivity index (χ4v) is 6.70. The van der Waals surface area contributed by atoms with Gasteiger partial charge in [-0.2, -0.15) is 0 Å². The van der Waals surface area contributed by atoms with Crippen molar-refractivity contribution in [3.05, 3.63) is 35.4 Å². The molecule has 7 N–H and O–H groups in total. The minimum Gasteiger partial charge on any atom is -0.379 e. The fraction of sp³-hybridized carbons (Fsp3) is 0.688. The Morgan fingerprint density at radius 3 is 1.78 bits per heavy atom. The zero-order chi connectivity index (χ0) is 50.6. The number of carbonyl (C=O) groups excluding carboxylic acids is 9. The molecule has 378 valence electrons. The highest BCUT2D eigenvalue weighted by Crippen LogP contribution is 2.13. The number of rotatable bonds is 33. The van der Waals surface area contributed by atoms with E-state index in [1.807, 2.05) is 39.8 Å². The molecule has 19 heteroatoms. The lowest BCUT2D eigenvalue weighted by Crippen LogP contribution is -2.60. The third-order valence-corrected chi connectivity index (χ3v) is 10.9. The van der Waals surface area contributed by atoms with Crippen LogP contribution in [-0.4, -0.2) is 141 Å². The lowest BCUT2D eigenvalue weighted by atomic mass is 10.0. The molecule has 1 aromatic carbocycles. The summed E-state index contributed by atoms with van der Waals surface area (Å²) >= 11 is 0. The van der Waals surface area contributed by atoms with Crippen molar-refractivity contribution < 1.29 is 52.6 Å². The van der Waals surface area contributed by atoms with Gasteiger partial charge >= 0.3 is 0 Å². The maximum absolute atomic E-state index is 13.9. The van der Waals surface area contributed by atoms with Crippen LogP contribution in [0.15, 0.2) is 24.3 Å². The second-order valence-corrected chi connectivity index (χ2v) is 17.4. The van der Waals surface area contributed by atoms with E-state index in [4.69, 9.17) is 9.47 Å². The summed E-state index contributed by atoms with van der Waals surface area (Å²) in [5, 5.41) is 17.7. The van der Waals surface area contributed by atoms with Gasteiger partial charge in [-0.25, -0.2) is 0 Å². The van der Waals surface area contributed by atoms with Gasteiger partial charge in [0.25, 0.3) is 11.8 Å². The molecule has 0 aliphatic heterocycles. The monoisotopic (exact) mass is 945 g/mol. The molecule has 0 radical (unpaired) electrons. The summed E-state index contributed by atoms with van der Waals surface area (Å²) in [4.78, 5) is 119. The highest BCUT2D eigenvalue weighted by atomic mass is 16.5. The topological polar surface area (TPSA) is 260 Å². The number of hydrogen-bond acceptors (Lipinski definition) is 11. The number of Topliss-reactive ketones (excluding diaryl/α,β-unsaturated/α-hetero) is 1. The van der Waals surface area contributed by atoms with Gasteiger partial charge in [0, 0.05) is 32.9 Å². The van der Waals surface area contributed by atoms with E-state index in [1.54, 1.807) is 19.1 Å². The van der Waals surface area contributed by atoms with Crippen LogP contribution in [-0.2, 0) is 54.3 Å². The van der Waals surface area contributed by atoms with Crippen molar-refractivity contribution >= 4 is 53.0 Å². The Labute approximate surface area is 397 Å². The molecule has 0 saturated carbocycles. The van der Waals surface area contributed by atoms with Gasteiger partial charge in [-0.3, -0.25) is 43.2 Å². The van der Waals surface area contributed by atoms with E-state index in [1.165, 1.54) is 41.3 Å². The van der Waals surface area contributed by atoms with Gasteiger partial charge in [0.1, 0.15) is 30.2 Å². The van der Waals surface area contributed by atoms with Gasteiger partial charge in [-0.15, -0.1) is 0 Å². The van der Waals surface area contributed by atoms with Crippen LogP contribution in [0.2, 0.25) is 0 Å². The van der Waals surface area contributed by atoms with E-state index < -0.39 is 102 Å². The minimum absolute atomic E-state index is 0.0752. The summed E-state index contributed by atoms with van der Waals surface area (Å²) in [5.41, 5.74) is 1.48. The standard InChI is InChI=1S/C48H80N8O11/c1-12-15-18-19-20-35-21-23-36(24-22-35)44(61)55-38(29-66-25-16-13-2)46(63)52-32(7)42(59)50-28-39(57)56(11)40(34(9)67-26-17-14-3)47(64)53-33(8)43(60)54-37(27-30(4)5)45(62)51-31(6)41(58)48(65)49-10/h21-24,30-34,37-38,40H,12-20,25-29H2,1-11H3,(H,49,65)(H,50,59)(H,51,62)(H,52,63)(H,53,64)(H,54,60)(H,55,61)/t31?,32-,33+,34?,37+,38-,40+/m1/s1. The molecule has 1 aromatic rings. The van der Waals surface area contributed by atoms with Crippen LogP contribution in [0.3, 0.4) is 0 Å². The molecule has 0 saturated heterocycles. The van der Waals surface area contributed by atoms with Crippen LogP contribution >= 0.6 is 0 Å². The van der Waals surface area contributed by atoms with Crippen LogP contribution in [0.4, 0.5) is 0 Å². The van der Waals surface area contributed by atoms with Crippen molar-refractivity contribution in [2.24, 2.45) is 5.92 Å². The number of carbonyl (C=O) groups is 9. The first kappa shape index (κ1) is 59.6. The second-order valence-electron chi connectivity index (χ2n) is 17.4. The van der Waals surface area contributed by atoms with Crippen molar-refractivity contribution in [3.8, 4) is 0 Å². The third-order valence-electron chi connectivity index (χ3n) is 10.9. The molecule has 0 aliphatic carbocycles. The average molecular weight is 945 g/mol. The first-order valence-corrected chi connectivity index (χ1v) is 23.8. The first-order chi connectivity index (χ1) is 31.7. The van der Waals surface area contributed by atoms with E-state index >= 15 is 0 Å². The van der Waals surface area contributed by atoms with Crippen molar-refractivity contribution in [3.63, 3.8) is 0 Å². The number of likely N-dealkylation sites (N-methyl/N-ethyl adjacent to an activating group) is 2. The Kier molecular flexibility index (Phi) is 28.7. The Bertz CT molecular complexity index is 1760. The Hall–Kier alpha value is -5.43.